The normalized spacial score (nSPS) is 12.3. The maximum Gasteiger partial charge on any atom is 0.308 e. The summed E-state index contributed by atoms with van der Waals surface area (Å²) in [5.41, 5.74) is 0.598. The van der Waals surface area contributed by atoms with Crippen molar-refractivity contribution < 1.29 is 14.7 Å². The maximum atomic E-state index is 12.3. The molecule has 1 rings (SSSR count). The molecule has 116 valence electrons. The molecule has 0 bridgehead atoms. The molecule has 0 aromatic heterocycles. The van der Waals surface area contributed by atoms with Crippen molar-refractivity contribution in [3.8, 4) is 0 Å². The number of carbonyl (C=O) groups is 2. The summed E-state index contributed by atoms with van der Waals surface area (Å²) in [6.07, 6.45) is 0.552. The topological polar surface area (TPSA) is 66.4 Å². The summed E-state index contributed by atoms with van der Waals surface area (Å²) in [4.78, 5) is 23.5. The number of amides is 1. The predicted molar refractivity (Wildman–Crippen MR) is 108 cm³/mol. The van der Waals surface area contributed by atoms with Crippen LogP contribution in [-0.4, -0.2) is 23.5 Å². The van der Waals surface area contributed by atoms with Crippen LogP contribution < -0.4 is 5.32 Å². The van der Waals surface area contributed by atoms with E-state index in [4.69, 9.17) is 0 Å². The molecule has 0 heterocycles. The van der Waals surface area contributed by atoms with Gasteiger partial charge in [-0.25, -0.2) is 0 Å². The van der Waals surface area contributed by atoms with Crippen LogP contribution in [-0.2, 0) is 4.79 Å². The Morgan fingerprint density at radius 1 is 1.24 bits per heavy atom. The van der Waals surface area contributed by atoms with Crippen molar-refractivity contribution in [1.82, 2.24) is 5.32 Å². The van der Waals surface area contributed by atoms with Crippen molar-refractivity contribution in [3.05, 3.63) is 28.4 Å². The van der Waals surface area contributed by atoms with E-state index in [1.54, 1.807) is 0 Å². The Labute approximate surface area is 165 Å². The number of aliphatic carboxylic acids is 1. The van der Waals surface area contributed by atoms with Gasteiger partial charge < -0.3 is 10.4 Å². The van der Waals surface area contributed by atoms with Crippen molar-refractivity contribution in [1.29, 1.82) is 0 Å². The van der Waals surface area contributed by atoms with Crippen LogP contribution in [0.5, 0.6) is 0 Å². The monoisotopic (exact) mass is 627 g/mol. The summed E-state index contributed by atoms with van der Waals surface area (Å²) in [6.45, 7) is 4.11. The smallest absolute Gasteiger partial charge is 0.308 e. The van der Waals surface area contributed by atoms with E-state index in [9.17, 15) is 14.7 Å². The molecule has 0 spiro atoms. The highest BCUT2D eigenvalue weighted by Gasteiger charge is 2.21. The van der Waals surface area contributed by atoms with Crippen LogP contribution in [0.1, 0.15) is 30.6 Å². The molecule has 0 aliphatic heterocycles. The minimum atomic E-state index is -0.865. The van der Waals surface area contributed by atoms with E-state index >= 15 is 0 Å². The van der Waals surface area contributed by atoms with Gasteiger partial charge >= 0.3 is 5.97 Å². The Bertz CT molecular complexity index is 547. The maximum absolute atomic E-state index is 12.3. The Hall–Kier alpha value is 0.350. The van der Waals surface area contributed by atoms with Crippen molar-refractivity contribution in [2.45, 2.75) is 20.3 Å². The molecular weight excluding hydrogens is 611 g/mol. The molecule has 0 radical (unpaired) electrons. The second kappa shape index (κ2) is 8.85. The van der Waals surface area contributed by atoms with Crippen LogP contribution in [0.2, 0.25) is 0 Å². The molecule has 0 aliphatic carbocycles. The minimum Gasteiger partial charge on any atom is -0.481 e. The molecule has 7 heteroatoms. The predicted octanol–water partition coefficient (Wildman–Crippen LogP) is 3.98. The van der Waals surface area contributed by atoms with Gasteiger partial charge in [0.2, 0.25) is 0 Å². The Morgan fingerprint density at radius 3 is 2.38 bits per heavy atom. The van der Waals surface area contributed by atoms with E-state index < -0.39 is 11.9 Å². The van der Waals surface area contributed by atoms with E-state index in [0.717, 1.165) is 10.7 Å². The van der Waals surface area contributed by atoms with Gasteiger partial charge in [0.25, 0.3) is 5.91 Å². The van der Waals surface area contributed by atoms with Gasteiger partial charge in [-0.05, 0) is 92.2 Å². The fourth-order valence-electron chi connectivity index (χ4n) is 1.87. The molecule has 21 heavy (non-hydrogen) atoms. The number of benzene rings is 1. The lowest BCUT2D eigenvalue weighted by Gasteiger charge is -2.16. The number of carbonyl (C=O) groups excluding carboxylic acids is 1. The van der Waals surface area contributed by atoms with Crippen LogP contribution in [0, 0.1) is 22.5 Å². The van der Waals surface area contributed by atoms with E-state index in [1.165, 1.54) is 0 Å². The molecule has 1 aromatic rings. The third-order valence-corrected chi connectivity index (χ3v) is 6.52. The van der Waals surface area contributed by atoms with Crippen molar-refractivity contribution in [2.75, 3.05) is 6.54 Å². The zero-order chi connectivity index (χ0) is 16.2. The zero-order valence-electron chi connectivity index (χ0n) is 11.6. The summed E-state index contributed by atoms with van der Waals surface area (Å²) in [5.74, 6) is -1.35. The third-order valence-electron chi connectivity index (χ3n) is 2.85. The molecule has 2 N–H and O–H groups in total. The van der Waals surface area contributed by atoms with Crippen LogP contribution in [0.25, 0.3) is 0 Å². The second-order valence-corrected chi connectivity index (χ2v) is 8.61. The van der Waals surface area contributed by atoms with E-state index in [2.05, 4.69) is 73.1 Å². The highest BCUT2D eigenvalue weighted by molar-refractivity contribution is 14.1. The quantitative estimate of drug-likeness (QED) is 0.371. The SMILES string of the molecule is CC(C)CC(CNC(=O)c1cc(I)cc(I)c1I)C(=O)O. The highest BCUT2D eigenvalue weighted by atomic mass is 127. The van der Waals surface area contributed by atoms with Gasteiger partial charge in [0.05, 0.1) is 11.5 Å². The van der Waals surface area contributed by atoms with Crippen LogP contribution in [0.4, 0.5) is 0 Å². The lowest BCUT2D eigenvalue weighted by Crippen LogP contribution is -2.34. The average molecular weight is 627 g/mol. The number of hydrogen-bond donors (Lipinski definition) is 2. The molecule has 4 nitrogen and oxygen atoms in total. The summed E-state index contributed by atoms with van der Waals surface area (Å²) in [5, 5.41) is 11.9. The molecular formula is C14H16I3NO3. The number of rotatable bonds is 6. The molecule has 1 unspecified atom stereocenters. The first kappa shape index (κ1) is 19.4. The summed E-state index contributed by atoms with van der Waals surface area (Å²) in [7, 11) is 0. The average Bonchev–Trinajstić information content (AvgIpc) is 2.37. The van der Waals surface area contributed by atoms with Gasteiger partial charge in [0, 0.05) is 17.3 Å². The van der Waals surface area contributed by atoms with Crippen molar-refractivity contribution >= 4 is 79.6 Å². The van der Waals surface area contributed by atoms with Gasteiger partial charge in [-0.15, -0.1) is 0 Å². The van der Waals surface area contributed by atoms with E-state index in [1.807, 2.05) is 26.0 Å². The van der Waals surface area contributed by atoms with Gasteiger partial charge in [0.15, 0.2) is 0 Å². The molecule has 1 atom stereocenters. The molecule has 0 fully saturated rings. The second-order valence-electron chi connectivity index (χ2n) is 5.12. The Morgan fingerprint density at radius 2 is 1.86 bits per heavy atom. The standard InChI is InChI=1S/C14H16I3NO3/c1-7(2)3-8(14(20)21)6-18-13(19)10-4-9(15)5-11(16)12(10)17/h4-5,7-8H,3,6H2,1-2H3,(H,18,19)(H,20,21). The first-order valence-corrected chi connectivity index (χ1v) is 9.61. The Kier molecular flexibility index (Phi) is 8.17. The minimum absolute atomic E-state index is 0.157. The largest absolute Gasteiger partial charge is 0.481 e. The fraction of sp³-hybridized carbons (Fsp3) is 0.429. The molecule has 1 amide bonds. The van der Waals surface area contributed by atoms with E-state index in [-0.39, 0.29) is 18.4 Å². The van der Waals surface area contributed by atoms with Gasteiger partial charge in [-0.1, -0.05) is 13.8 Å². The van der Waals surface area contributed by atoms with Gasteiger partial charge in [0.1, 0.15) is 0 Å². The number of carboxylic acids is 1. The molecule has 0 aliphatic rings. The van der Waals surface area contributed by atoms with E-state index in [0.29, 0.717) is 12.0 Å². The lowest BCUT2D eigenvalue weighted by atomic mass is 9.97. The highest BCUT2D eigenvalue weighted by Crippen LogP contribution is 2.23. The molecule has 0 saturated carbocycles. The summed E-state index contributed by atoms with van der Waals surface area (Å²) in [6, 6.07) is 3.82. The lowest BCUT2D eigenvalue weighted by molar-refractivity contribution is -0.142. The molecule has 1 aromatic carbocycles. The first-order valence-electron chi connectivity index (χ1n) is 6.38. The van der Waals surface area contributed by atoms with Crippen LogP contribution in [0.3, 0.4) is 0 Å². The van der Waals surface area contributed by atoms with Crippen LogP contribution >= 0.6 is 67.8 Å². The zero-order valence-corrected chi connectivity index (χ0v) is 18.1. The van der Waals surface area contributed by atoms with Gasteiger partial charge in [-0.2, -0.15) is 0 Å². The van der Waals surface area contributed by atoms with Crippen molar-refractivity contribution in [3.63, 3.8) is 0 Å². The third kappa shape index (κ3) is 6.16. The Balaban J connectivity index is 2.79. The molecule has 0 saturated heterocycles. The fourth-order valence-corrected chi connectivity index (χ4v) is 4.27. The van der Waals surface area contributed by atoms with Gasteiger partial charge in [-0.3, -0.25) is 9.59 Å². The van der Waals surface area contributed by atoms with Crippen molar-refractivity contribution in [2.24, 2.45) is 11.8 Å². The summed E-state index contributed by atoms with van der Waals surface area (Å²) >= 11 is 6.50. The number of carboxylic acid groups (broad SMARTS) is 1. The first-order chi connectivity index (χ1) is 9.72. The number of hydrogen-bond acceptors (Lipinski definition) is 2. The number of nitrogens with one attached hydrogen (secondary N) is 1. The number of halogens is 3. The van der Waals surface area contributed by atoms with Crippen LogP contribution in [0.15, 0.2) is 12.1 Å². The summed E-state index contributed by atoms with van der Waals surface area (Å²) < 4.78 is 2.89.